The smallest absolute Gasteiger partial charge is 0.198 e. The molecule has 1 saturated heterocycles. The number of halogens is 2. The number of nitrogens with zero attached hydrogens (tertiary/aromatic N) is 2. The van der Waals surface area contributed by atoms with Gasteiger partial charge in [-0.2, -0.15) is 5.26 Å². The molecule has 1 fully saturated rings. The SMILES string of the molecule is N#CC1(F)CCN(CCI)CC1. The van der Waals surface area contributed by atoms with Crippen LogP contribution in [0, 0.1) is 11.3 Å². The van der Waals surface area contributed by atoms with Crippen molar-refractivity contribution in [2.45, 2.75) is 18.5 Å². The summed E-state index contributed by atoms with van der Waals surface area (Å²) in [4.78, 5) is 2.21. The summed E-state index contributed by atoms with van der Waals surface area (Å²) in [7, 11) is 0. The Balaban J connectivity index is 2.35. The monoisotopic (exact) mass is 282 g/mol. The van der Waals surface area contributed by atoms with Crippen LogP contribution >= 0.6 is 22.6 Å². The van der Waals surface area contributed by atoms with Crippen molar-refractivity contribution in [1.82, 2.24) is 4.90 Å². The molecule has 0 aromatic rings. The van der Waals surface area contributed by atoms with Gasteiger partial charge in [0.15, 0.2) is 5.67 Å². The van der Waals surface area contributed by atoms with Crippen molar-refractivity contribution in [1.29, 1.82) is 5.26 Å². The zero-order valence-corrected chi connectivity index (χ0v) is 9.05. The first-order valence-electron chi connectivity index (χ1n) is 4.09. The molecule has 0 aromatic heterocycles. The molecule has 0 amide bonds. The van der Waals surface area contributed by atoms with Gasteiger partial charge in [-0.3, -0.25) is 0 Å². The third-order valence-corrected chi connectivity index (χ3v) is 2.73. The van der Waals surface area contributed by atoms with Gasteiger partial charge in [0.25, 0.3) is 0 Å². The molecule has 0 N–H and O–H groups in total. The van der Waals surface area contributed by atoms with Crippen molar-refractivity contribution in [3.63, 3.8) is 0 Å². The van der Waals surface area contributed by atoms with E-state index in [4.69, 9.17) is 5.26 Å². The Hall–Kier alpha value is 0.110. The quantitative estimate of drug-likeness (QED) is 0.570. The lowest BCUT2D eigenvalue weighted by Crippen LogP contribution is -2.41. The fourth-order valence-corrected chi connectivity index (χ4v) is 2.04. The largest absolute Gasteiger partial charge is 0.302 e. The summed E-state index contributed by atoms with van der Waals surface area (Å²) in [5.74, 6) is 0. The molecule has 1 rings (SSSR count). The molecule has 1 aliphatic heterocycles. The van der Waals surface area contributed by atoms with E-state index in [0.717, 1.165) is 24.1 Å². The summed E-state index contributed by atoms with van der Waals surface area (Å²) in [6, 6.07) is 1.75. The average molecular weight is 282 g/mol. The third-order valence-electron chi connectivity index (χ3n) is 2.25. The van der Waals surface area contributed by atoms with E-state index in [1.807, 2.05) is 0 Å². The third kappa shape index (κ3) is 2.56. The van der Waals surface area contributed by atoms with Crippen LogP contribution in [0.1, 0.15) is 12.8 Å². The van der Waals surface area contributed by atoms with E-state index in [1.165, 1.54) is 0 Å². The Morgan fingerprint density at radius 3 is 2.50 bits per heavy atom. The lowest BCUT2D eigenvalue weighted by atomic mass is 9.95. The molecule has 12 heavy (non-hydrogen) atoms. The van der Waals surface area contributed by atoms with Crippen molar-refractivity contribution in [3.05, 3.63) is 0 Å². The minimum atomic E-state index is -1.54. The van der Waals surface area contributed by atoms with E-state index in [-0.39, 0.29) is 0 Å². The highest BCUT2D eigenvalue weighted by molar-refractivity contribution is 14.1. The van der Waals surface area contributed by atoms with Gasteiger partial charge in [0, 0.05) is 36.9 Å². The fraction of sp³-hybridized carbons (Fsp3) is 0.875. The van der Waals surface area contributed by atoms with Crippen molar-refractivity contribution in [2.24, 2.45) is 0 Å². The highest BCUT2D eigenvalue weighted by atomic mass is 127. The number of likely N-dealkylation sites (tertiary alicyclic amines) is 1. The van der Waals surface area contributed by atoms with Gasteiger partial charge in [-0.15, -0.1) is 0 Å². The summed E-state index contributed by atoms with van der Waals surface area (Å²) in [5, 5.41) is 8.52. The Labute approximate surface area is 85.9 Å². The average Bonchev–Trinajstić information content (AvgIpc) is 2.10. The standard InChI is InChI=1S/C8H12FIN2/c9-8(7-11)1-4-12(5-2-8)6-3-10/h1-6H2. The van der Waals surface area contributed by atoms with E-state index in [1.54, 1.807) is 6.07 Å². The van der Waals surface area contributed by atoms with Gasteiger partial charge >= 0.3 is 0 Å². The lowest BCUT2D eigenvalue weighted by Gasteiger charge is -2.31. The molecular weight excluding hydrogens is 270 g/mol. The molecule has 0 saturated carbocycles. The maximum absolute atomic E-state index is 13.3. The number of rotatable bonds is 2. The first-order valence-corrected chi connectivity index (χ1v) is 5.61. The van der Waals surface area contributed by atoms with Crippen LogP contribution in [0.2, 0.25) is 0 Å². The molecule has 2 nitrogen and oxygen atoms in total. The van der Waals surface area contributed by atoms with Crippen molar-refractivity contribution in [3.8, 4) is 6.07 Å². The second-order valence-corrected chi connectivity index (χ2v) is 4.19. The molecule has 4 heteroatoms. The number of alkyl halides is 2. The minimum Gasteiger partial charge on any atom is -0.302 e. The molecule has 0 bridgehead atoms. The zero-order valence-electron chi connectivity index (χ0n) is 6.89. The molecular formula is C8H12FIN2. The Bertz CT molecular complexity index is 182. The number of hydrogen-bond donors (Lipinski definition) is 0. The molecule has 0 spiro atoms. The van der Waals surface area contributed by atoms with Crippen molar-refractivity contribution < 1.29 is 4.39 Å². The maximum Gasteiger partial charge on any atom is 0.198 e. The first kappa shape index (κ1) is 10.2. The molecule has 0 radical (unpaired) electrons. The normalized spacial score (nSPS) is 23.4. The van der Waals surface area contributed by atoms with Crippen molar-refractivity contribution in [2.75, 3.05) is 24.1 Å². The van der Waals surface area contributed by atoms with Gasteiger partial charge in [-0.1, -0.05) is 22.6 Å². The number of piperidine rings is 1. The first-order chi connectivity index (χ1) is 5.70. The van der Waals surface area contributed by atoms with Crippen molar-refractivity contribution >= 4 is 22.6 Å². The van der Waals surface area contributed by atoms with Gasteiger partial charge in [0.05, 0.1) is 0 Å². The Kier molecular flexibility index (Phi) is 3.72. The van der Waals surface area contributed by atoms with Crippen LogP contribution in [0.3, 0.4) is 0 Å². The summed E-state index contributed by atoms with van der Waals surface area (Å²) < 4.78 is 14.4. The maximum atomic E-state index is 13.3. The second kappa shape index (κ2) is 4.38. The van der Waals surface area contributed by atoms with Crippen LogP contribution in [0.4, 0.5) is 4.39 Å². The van der Waals surface area contributed by atoms with Crippen LogP contribution in [-0.4, -0.2) is 34.6 Å². The fourth-order valence-electron chi connectivity index (χ4n) is 1.36. The predicted octanol–water partition coefficient (Wildman–Crippen LogP) is 1.75. The summed E-state index contributed by atoms with van der Waals surface area (Å²) in [6.07, 6.45) is 0.750. The predicted molar refractivity (Wildman–Crippen MR) is 54.0 cm³/mol. The molecule has 0 unspecified atom stereocenters. The van der Waals surface area contributed by atoms with Gasteiger partial charge in [0.1, 0.15) is 6.07 Å². The topological polar surface area (TPSA) is 27.0 Å². The highest BCUT2D eigenvalue weighted by Crippen LogP contribution is 2.25. The molecule has 0 aromatic carbocycles. The minimum absolute atomic E-state index is 0.375. The van der Waals surface area contributed by atoms with E-state index in [9.17, 15) is 4.39 Å². The second-order valence-electron chi connectivity index (χ2n) is 3.11. The van der Waals surface area contributed by atoms with Crippen LogP contribution in [0.25, 0.3) is 0 Å². The Morgan fingerprint density at radius 2 is 2.08 bits per heavy atom. The van der Waals surface area contributed by atoms with E-state index < -0.39 is 5.67 Å². The van der Waals surface area contributed by atoms with Crippen LogP contribution < -0.4 is 0 Å². The summed E-state index contributed by atoms with van der Waals surface area (Å²) in [5.41, 5.74) is -1.54. The van der Waals surface area contributed by atoms with Crippen LogP contribution in [0.15, 0.2) is 0 Å². The molecule has 1 heterocycles. The summed E-state index contributed by atoms with van der Waals surface area (Å²) >= 11 is 2.31. The number of hydrogen-bond acceptors (Lipinski definition) is 2. The van der Waals surface area contributed by atoms with Gasteiger partial charge in [-0.05, 0) is 0 Å². The van der Waals surface area contributed by atoms with Crippen LogP contribution in [-0.2, 0) is 0 Å². The lowest BCUT2D eigenvalue weighted by molar-refractivity contribution is 0.107. The van der Waals surface area contributed by atoms with Gasteiger partial charge in [-0.25, -0.2) is 4.39 Å². The van der Waals surface area contributed by atoms with Gasteiger partial charge in [0.2, 0.25) is 0 Å². The van der Waals surface area contributed by atoms with E-state index in [2.05, 4.69) is 27.5 Å². The molecule has 1 aliphatic rings. The molecule has 68 valence electrons. The summed E-state index contributed by atoms with van der Waals surface area (Å²) in [6.45, 7) is 2.47. The van der Waals surface area contributed by atoms with Gasteiger partial charge < -0.3 is 4.90 Å². The van der Waals surface area contributed by atoms with E-state index in [0.29, 0.717) is 12.8 Å². The zero-order chi connectivity index (χ0) is 9.03. The number of nitriles is 1. The van der Waals surface area contributed by atoms with E-state index >= 15 is 0 Å². The van der Waals surface area contributed by atoms with Crippen LogP contribution in [0.5, 0.6) is 0 Å². The molecule has 0 atom stereocenters. The Morgan fingerprint density at radius 1 is 1.50 bits per heavy atom. The molecule has 0 aliphatic carbocycles. The highest BCUT2D eigenvalue weighted by Gasteiger charge is 2.33.